The summed E-state index contributed by atoms with van der Waals surface area (Å²) in [7, 11) is 1.47. The molecule has 3 amide bonds. The van der Waals surface area contributed by atoms with Gasteiger partial charge in [0, 0.05) is 19.7 Å². The first-order valence-corrected chi connectivity index (χ1v) is 5.91. The summed E-state index contributed by atoms with van der Waals surface area (Å²) in [6.07, 6.45) is 1.01. The van der Waals surface area contributed by atoms with Crippen LogP contribution in [-0.2, 0) is 9.53 Å². The molecule has 1 heterocycles. The predicted molar refractivity (Wildman–Crippen MR) is 63.6 cm³/mol. The van der Waals surface area contributed by atoms with Crippen LogP contribution in [0.3, 0.4) is 0 Å². The van der Waals surface area contributed by atoms with E-state index in [0.717, 1.165) is 19.6 Å². The normalized spacial score (nSPS) is 22.9. The molecule has 0 radical (unpaired) electrons. The largest absolute Gasteiger partial charge is 0.381 e. The number of nitrogens with one attached hydrogen (secondary N) is 3. The maximum absolute atomic E-state index is 11.6. The second-order valence-electron chi connectivity index (χ2n) is 4.37. The maximum Gasteiger partial charge on any atom is 0.321 e. The van der Waals surface area contributed by atoms with Gasteiger partial charge < -0.3 is 15.4 Å². The van der Waals surface area contributed by atoms with Gasteiger partial charge in [0.15, 0.2) is 0 Å². The molecule has 1 aliphatic heterocycles. The fraction of sp³-hybridized carbons (Fsp3) is 0.818. The summed E-state index contributed by atoms with van der Waals surface area (Å²) in [6.45, 7) is 5.29. The Morgan fingerprint density at radius 2 is 2.06 bits per heavy atom. The number of carbonyl (C=O) groups excluding carboxylic acids is 2. The van der Waals surface area contributed by atoms with E-state index in [1.807, 2.05) is 6.92 Å². The van der Waals surface area contributed by atoms with Crippen LogP contribution in [0.25, 0.3) is 0 Å². The van der Waals surface area contributed by atoms with E-state index in [0.29, 0.717) is 5.92 Å². The van der Waals surface area contributed by atoms with Gasteiger partial charge in [0.05, 0.1) is 12.6 Å². The highest BCUT2D eigenvalue weighted by molar-refractivity contribution is 5.96. The summed E-state index contributed by atoms with van der Waals surface area (Å²) in [5, 5.41) is 7.76. The first-order chi connectivity index (χ1) is 8.04. The van der Waals surface area contributed by atoms with Crippen LogP contribution in [0.15, 0.2) is 0 Å². The number of hydrogen-bond donors (Lipinski definition) is 3. The van der Waals surface area contributed by atoms with Gasteiger partial charge in [0.2, 0.25) is 5.91 Å². The fourth-order valence-corrected chi connectivity index (χ4v) is 1.84. The van der Waals surface area contributed by atoms with Crippen LogP contribution in [0.5, 0.6) is 0 Å². The minimum Gasteiger partial charge on any atom is -0.381 e. The lowest BCUT2D eigenvalue weighted by atomic mass is 10.00. The van der Waals surface area contributed by atoms with Crippen LogP contribution < -0.4 is 16.0 Å². The monoisotopic (exact) mass is 243 g/mol. The number of imide groups is 1. The van der Waals surface area contributed by atoms with E-state index in [4.69, 9.17) is 4.74 Å². The summed E-state index contributed by atoms with van der Waals surface area (Å²) < 4.78 is 5.30. The Balaban J connectivity index is 2.34. The van der Waals surface area contributed by atoms with Crippen molar-refractivity contribution in [2.45, 2.75) is 32.4 Å². The Morgan fingerprint density at radius 3 is 2.59 bits per heavy atom. The van der Waals surface area contributed by atoms with Crippen molar-refractivity contribution in [3.05, 3.63) is 0 Å². The third-order valence-corrected chi connectivity index (χ3v) is 3.04. The predicted octanol–water partition coefficient (Wildman–Crippen LogP) is -0.155. The van der Waals surface area contributed by atoms with Gasteiger partial charge in [-0.1, -0.05) is 0 Å². The van der Waals surface area contributed by atoms with E-state index in [9.17, 15) is 9.59 Å². The second kappa shape index (κ2) is 6.56. The molecule has 6 nitrogen and oxygen atoms in total. The molecule has 0 saturated carbocycles. The van der Waals surface area contributed by atoms with Crippen molar-refractivity contribution in [2.24, 2.45) is 5.92 Å². The number of amides is 3. The molecule has 1 rings (SSSR count). The van der Waals surface area contributed by atoms with Crippen LogP contribution >= 0.6 is 0 Å². The number of urea groups is 1. The average Bonchev–Trinajstić information content (AvgIpc) is 2.82. The number of hydrogen-bond acceptors (Lipinski definition) is 4. The molecule has 3 unspecified atom stereocenters. The zero-order valence-corrected chi connectivity index (χ0v) is 10.6. The SMILES string of the molecule is CNC(=O)NC(=O)C(C)NC(C)C1CCOC1. The van der Waals surface area contributed by atoms with Crippen molar-refractivity contribution in [3.8, 4) is 0 Å². The molecule has 1 aliphatic rings. The third kappa shape index (κ3) is 4.32. The Labute approximate surface area is 101 Å². The van der Waals surface area contributed by atoms with E-state index in [1.165, 1.54) is 7.05 Å². The van der Waals surface area contributed by atoms with E-state index >= 15 is 0 Å². The average molecular weight is 243 g/mol. The highest BCUT2D eigenvalue weighted by Gasteiger charge is 2.25. The minimum atomic E-state index is -0.486. The summed E-state index contributed by atoms with van der Waals surface area (Å²) >= 11 is 0. The summed E-state index contributed by atoms with van der Waals surface area (Å²) in [6, 6.07) is -0.689. The first-order valence-electron chi connectivity index (χ1n) is 5.91. The molecular weight excluding hydrogens is 222 g/mol. The molecule has 3 N–H and O–H groups in total. The van der Waals surface area contributed by atoms with E-state index < -0.39 is 12.1 Å². The van der Waals surface area contributed by atoms with Gasteiger partial charge in [-0.05, 0) is 26.2 Å². The molecule has 98 valence electrons. The van der Waals surface area contributed by atoms with Gasteiger partial charge in [0.1, 0.15) is 0 Å². The summed E-state index contributed by atoms with van der Waals surface area (Å²) in [4.78, 5) is 22.6. The Morgan fingerprint density at radius 1 is 1.35 bits per heavy atom. The van der Waals surface area contributed by atoms with Crippen LogP contribution in [0.2, 0.25) is 0 Å². The molecule has 3 atom stereocenters. The third-order valence-electron chi connectivity index (χ3n) is 3.04. The zero-order valence-electron chi connectivity index (χ0n) is 10.6. The standard InChI is InChI=1S/C11H21N3O3/c1-7(9-4-5-17-6-9)13-8(2)10(15)14-11(16)12-3/h7-9,13H,4-6H2,1-3H3,(H2,12,14,15,16). The van der Waals surface area contributed by atoms with Crippen molar-refractivity contribution in [1.29, 1.82) is 0 Å². The molecule has 1 fully saturated rings. The van der Waals surface area contributed by atoms with Gasteiger partial charge in [-0.25, -0.2) is 4.79 Å². The van der Waals surface area contributed by atoms with Crippen molar-refractivity contribution in [2.75, 3.05) is 20.3 Å². The summed E-state index contributed by atoms with van der Waals surface area (Å²) in [5.74, 6) is 0.111. The van der Waals surface area contributed by atoms with Gasteiger partial charge >= 0.3 is 6.03 Å². The van der Waals surface area contributed by atoms with Crippen LogP contribution in [0, 0.1) is 5.92 Å². The fourth-order valence-electron chi connectivity index (χ4n) is 1.84. The lowest BCUT2D eigenvalue weighted by Gasteiger charge is -2.23. The van der Waals surface area contributed by atoms with Crippen molar-refractivity contribution < 1.29 is 14.3 Å². The van der Waals surface area contributed by atoms with Crippen LogP contribution in [0.4, 0.5) is 4.79 Å². The van der Waals surface area contributed by atoms with Crippen molar-refractivity contribution in [1.82, 2.24) is 16.0 Å². The Kier molecular flexibility index (Phi) is 5.37. The highest BCUT2D eigenvalue weighted by Crippen LogP contribution is 2.16. The molecule has 0 aromatic rings. The lowest BCUT2D eigenvalue weighted by molar-refractivity contribution is -0.121. The molecule has 0 bridgehead atoms. The minimum absolute atomic E-state index is 0.197. The maximum atomic E-state index is 11.6. The molecule has 1 saturated heterocycles. The zero-order chi connectivity index (χ0) is 12.8. The molecular formula is C11H21N3O3. The molecule has 17 heavy (non-hydrogen) atoms. The molecule has 0 aromatic heterocycles. The van der Waals surface area contributed by atoms with E-state index in [2.05, 4.69) is 16.0 Å². The number of rotatable bonds is 4. The van der Waals surface area contributed by atoms with Crippen molar-refractivity contribution >= 4 is 11.9 Å². The van der Waals surface area contributed by atoms with Gasteiger partial charge in [-0.2, -0.15) is 0 Å². The van der Waals surface area contributed by atoms with E-state index in [-0.39, 0.29) is 11.9 Å². The topological polar surface area (TPSA) is 79.5 Å². The Bertz CT molecular complexity index is 277. The second-order valence-corrected chi connectivity index (χ2v) is 4.37. The first kappa shape index (κ1) is 13.9. The summed E-state index contributed by atoms with van der Waals surface area (Å²) in [5.41, 5.74) is 0. The molecule has 6 heteroatoms. The van der Waals surface area contributed by atoms with Crippen molar-refractivity contribution in [3.63, 3.8) is 0 Å². The smallest absolute Gasteiger partial charge is 0.321 e. The highest BCUT2D eigenvalue weighted by atomic mass is 16.5. The van der Waals surface area contributed by atoms with Gasteiger partial charge in [0.25, 0.3) is 0 Å². The number of carbonyl (C=O) groups is 2. The molecule has 0 aliphatic carbocycles. The van der Waals surface area contributed by atoms with Gasteiger partial charge in [-0.15, -0.1) is 0 Å². The van der Waals surface area contributed by atoms with Gasteiger partial charge in [-0.3, -0.25) is 10.1 Å². The lowest BCUT2D eigenvalue weighted by Crippen LogP contribution is -2.51. The number of ether oxygens (including phenoxy) is 1. The van der Waals surface area contributed by atoms with Crippen LogP contribution in [-0.4, -0.2) is 44.3 Å². The molecule has 0 spiro atoms. The van der Waals surface area contributed by atoms with Crippen LogP contribution in [0.1, 0.15) is 20.3 Å². The quantitative estimate of drug-likeness (QED) is 0.641. The van der Waals surface area contributed by atoms with E-state index in [1.54, 1.807) is 6.92 Å². The molecule has 0 aromatic carbocycles. The Hall–Kier alpha value is -1.14.